The summed E-state index contributed by atoms with van der Waals surface area (Å²) in [6.45, 7) is 2.06. The molecule has 1 aliphatic rings. The zero-order valence-electron chi connectivity index (χ0n) is 11.2. The molecule has 0 aromatic carbocycles. The van der Waals surface area contributed by atoms with Crippen molar-refractivity contribution in [2.45, 2.75) is 31.8 Å². The Bertz CT molecular complexity index is 522. The molecule has 0 N–H and O–H groups in total. The van der Waals surface area contributed by atoms with E-state index in [0.717, 1.165) is 18.8 Å². The van der Waals surface area contributed by atoms with Gasteiger partial charge in [-0.1, -0.05) is 6.42 Å². The van der Waals surface area contributed by atoms with E-state index in [2.05, 4.69) is 24.4 Å². The lowest BCUT2D eigenvalue weighted by atomic mass is 9.99. The number of aryl methyl sites for hydroxylation is 1. The molecule has 0 saturated carbocycles. The number of likely N-dealkylation sites (tertiary alicyclic amines) is 1. The van der Waals surface area contributed by atoms with Crippen LogP contribution in [-0.2, 0) is 13.6 Å². The molecule has 1 atom stereocenters. The van der Waals surface area contributed by atoms with Crippen LogP contribution in [0.3, 0.4) is 0 Å². The van der Waals surface area contributed by atoms with E-state index in [1.165, 1.54) is 25.0 Å². The van der Waals surface area contributed by atoms with Crippen molar-refractivity contribution < 1.29 is 0 Å². The maximum Gasteiger partial charge on any atom is 0.115 e. The monoisotopic (exact) mass is 257 g/mol. The summed E-state index contributed by atoms with van der Waals surface area (Å²) in [6.07, 6.45) is 11.0. The van der Waals surface area contributed by atoms with Crippen LogP contribution in [0.15, 0.2) is 31.1 Å². The van der Waals surface area contributed by atoms with E-state index in [1.807, 2.05) is 31.8 Å². The zero-order chi connectivity index (χ0) is 13.1. The van der Waals surface area contributed by atoms with Crippen LogP contribution in [0.4, 0.5) is 0 Å². The van der Waals surface area contributed by atoms with E-state index in [0.29, 0.717) is 6.04 Å². The first-order valence-corrected chi connectivity index (χ1v) is 6.80. The van der Waals surface area contributed by atoms with Crippen LogP contribution in [-0.4, -0.2) is 31.0 Å². The molecule has 1 saturated heterocycles. The van der Waals surface area contributed by atoms with Gasteiger partial charge >= 0.3 is 0 Å². The van der Waals surface area contributed by atoms with E-state index in [1.54, 1.807) is 6.33 Å². The minimum absolute atomic E-state index is 0.409. The molecule has 0 radical (unpaired) electrons. The van der Waals surface area contributed by atoms with E-state index >= 15 is 0 Å². The van der Waals surface area contributed by atoms with Crippen molar-refractivity contribution in [2.24, 2.45) is 7.05 Å². The van der Waals surface area contributed by atoms with Crippen molar-refractivity contribution in [3.05, 3.63) is 42.5 Å². The average Bonchev–Trinajstić information content (AvgIpc) is 2.86. The Morgan fingerprint density at radius 3 is 3.00 bits per heavy atom. The molecule has 5 nitrogen and oxygen atoms in total. The largest absolute Gasteiger partial charge is 0.337 e. The first-order chi connectivity index (χ1) is 9.34. The number of hydrogen-bond donors (Lipinski definition) is 0. The average molecular weight is 257 g/mol. The highest BCUT2D eigenvalue weighted by Gasteiger charge is 2.25. The molecule has 19 heavy (non-hydrogen) atoms. The molecule has 1 aliphatic heterocycles. The van der Waals surface area contributed by atoms with Crippen LogP contribution >= 0.6 is 0 Å². The van der Waals surface area contributed by atoms with Gasteiger partial charge in [-0.2, -0.15) is 0 Å². The first kappa shape index (κ1) is 12.3. The van der Waals surface area contributed by atoms with Crippen LogP contribution in [0.2, 0.25) is 0 Å². The minimum atomic E-state index is 0.409. The maximum absolute atomic E-state index is 4.43. The molecule has 5 heteroatoms. The van der Waals surface area contributed by atoms with E-state index in [4.69, 9.17) is 0 Å². The zero-order valence-corrected chi connectivity index (χ0v) is 11.2. The van der Waals surface area contributed by atoms with Gasteiger partial charge in [0.15, 0.2) is 0 Å². The molecule has 1 fully saturated rings. The standard InChI is InChI=1S/C14H19N5/c1-18-11-16-8-12(18)9-19-7-3-2-4-14(19)13-5-6-15-10-17-13/h5-6,8,10-11,14H,2-4,7,9H2,1H3. The summed E-state index contributed by atoms with van der Waals surface area (Å²) >= 11 is 0. The minimum Gasteiger partial charge on any atom is -0.337 e. The summed E-state index contributed by atoms with van der Waals surface area (Å²) in [6, 6.07) is 2.44. The fourth-order valence-electron chi connectivity index (χ4n) is 2.76. The molecule has 2 aromatic heterocycles. The second-order valence-corrected chi connectivity index (χ2v) is 5.11. The Hall–Kier alpha value is -1.75. The molecular formula is C14H19N5. The van der Waals surface area contributed by atoms with Crippen molar-refractivity contribution in [2.75, 3.05) is 6.54 Å². The van der Waals surface area contributed by atoms with Crippen molar-refractivity contribution >= 4 is 0 Å². The summed E-state index contributed by atoms with van der Waals surface area (Å²) in [4.78, 5) is 15.1. The molecule has 100 valence electrons. The second-order valence-electron chi connectivity index (χ2n) is 5.11. The summed E-state index contributed by atoms with van der Waals surface area (Å²) < 4.78 is 2.09. The molecule has 0 spiro atoms. The Morgan fingerprint density at radius 1 is 1.32 bits per heavy atom. The van der Waals surface area contributed by atoms with Crippen LogP contribution in [0.1, 0.15) is 36.7 Å². The summed E-state index contributed by atoms with van der Waals surface area (Å²) in [7, 11) is 2.05. The van der Waals surface area contributed by atoms with Crippen molar-refractivity contribution in [3.63, 3.8) is 0 Å². The number of nitrogens with zero attached hydrogens (tertiary/aromatic N) is 5. The van der Waals surface area contributed by atoms with Crippen molar-refractivity contribution in [1.82, 2.24) is 24.4 Å². The number of aromatic nitrogens is 4. The predicted octanol–water partition coefficient (Wildman–Crippen LogP) is 1.94. The lowest BCUT2D eigenvalue weighted by Crippen LogP contribution is -2.34. The van der Waals surface area contributed by atoms with Crippen LogP contribution < -0.4 is 0 Å². The number of rotatable bonds is 3. The number of hydrogen-bond acceptors (Lipinski definition) is 4. The molecule has 0 aliphatic carbocycles. The van der Waals surface area contributed by atoms with Crippen LogP contribution in [0.25, 0.3) is 0 Å². The van der Waals surface area contributed by atoms with Gasteiger partial charge in [0.25, 0.3) is 0 Å². The fourth-order valence-corrected chi connectivity index (χ4v) is 2.76. The van der Waals surface area contributed by atoms with E-state index < -0.39 is 0 Å². The van der Waals surface area contributed by atoms with E-state index in [9.17, 15) is 0 Å². The highest BCUT2D eigenvalue weighted by Crippen LogP contribution is 2.30. The van der Waals surface area contributed by atoms with Gasteiger partial charge in [-0.25, -0.2) is 15.0 Å². The Balaban J connectivity index is 1.80. The Kier molecular flexibility index (Phi) is 3.55. The highest BCUT2D eigenvalue weighted by atomic mass is 15.2. The van der Waals surface area contributed by atoms with Crippen LogP contribution in [0.5, 0.6) is 0 Å². The molecule has 3 heterocycles. The van der Waals surface area contributed by atoms with Gasteiger partial charge in [-0.05, 0) is 25.5 Å². The Morgan fingerprint density at radius 2 is 2.26 bits per heavy atom. The second kappa shape index (κ2) is 5.48. The third-order valence-corrected chi connectivity index (χ3v) is 3.84. The van der Waals surface area contributed by atoms with Crippen molar-refractivity contribution in [1.29, 1.82) is 0 Å². The lowest BCUT2D eigenvalue weighted by molar-refractivity contribution is 0.134. The maximum atomic E-state index is 4.43. The number of piperidine rings is 1. The van der Waals surface area contributed by atoms with Crippen LogP contribution in [0, 0.1) is 0 Å². The Labute approximate surface area is 113 Å². The molecule has 1 unspecified atom stereocenters. The molecule has 0 amide bonds. The molecular weight excluding hydrogens is 238 g/mol. The highest BCUT2D eigenvalue weighted by molar-refractivity contribution is 5.08. The normalized spacial score (nSPS) is 20.6. The van der Waals surface area contributed by atoms with Crippen molar-refractivity contribution in [3.8, 4) is 0 Å². The molecule has 0 bridgehead atoms. The topological polar surface area (TPSA) is 46.8 Å². The fraction of sp³-hybridized carbons (Fsp3) is 0.500. The SMILES string of the molecule is Cn1cncc1CN1CCCCC1c1ccncn1. The molecule has 3 rings (SSSR count). The van der Waals surface area contributed by atoms with Gasteiger partial charge in [0, 0.05) is 26.0 Å². The van der Waals surface area contributed by atoms with E-state index in [-0.39, 0.29) is 0 Å². The predicted molar refractivity (Wildman–Crippen MR) is 72.2 cm³/mol. The van der Waals surface area contributed by atoms with Gasteiger partial charge in [0.1, 0.15) is 6.33 Å². The summed E-state index contributed by atoms with van der Waals surface area (Å²) in [5, 5.41) is 0. The first-order valence-electron chi connectivity index (χ1n) is 6.80. The van der Waals surface area contributed by atoms with Gasteiger partial charge in [-0.3, -0.25) is 4.90 Å². The number of imidazole rings is 1. The summed E-state index contributed by atoms with van der Waals surface area (Å²) in [5.41, 5.74) is 2.39. The van der Waals surface area contributed by atoms with Gasteiger partial charge in [0.05, 0.1) is 23.8 Å². The smallest absolute Gasteiger partial charge is 0.115 e. The van der Waals surface area contributed by atoms with Gasteiger partial charge < -0.3 is 4.57 Å². The summed E-state index contributed by atoms with van der Waals surface area (Å²) in [5.74, 6) is 0. The van der Waals surface area contributed by atoms with Gasteiger partial charge in [-0.15, -0.1) is 0 Å². The van der Waals surface area contributed by atoms with Gasteiger partial charge in [0.2, 0.25) is 0 Å². The lowest BCUT2D eigenvalue weighted by Gasteiger charge is -2.35. The third kappa shape index (κ3) is 2.66. The third-order valence-electron chi connectivity index (χ3n) is 3.84. The quantitative estimate of drug-likeness (QED) is 0.843. The molecule has 2 aromatic rings.